The lowest BCUT2D eigenvalue weighted by molar-refractivity contribution is 0.485. The Balaban J connectivity index is 1.48. The van der Waals surface area contributed by atoms with E-state index >= 15 is 0 Å². The molecule has 4 heterocycles. The number of halogens is 4. The van der Waals surface area contributed by atoms with Crippen LogP contribution in [0.25, 0.3) is 21.9 Å². The number of rotatable bonds is 6. The van der Waals surface area contributed by atoms with Gasteiger partial charge in [-0.05, 0) is 24.3 Å². The van der Waals surface area contributed by atoms with Gasteiger partial charge in [-0.2, -0.15) is 10.1 Å². The Kier molecular flexibility index (Phi) is 6.10. The molecule has 15 heteroatoms. The van der Waals surface area contributed by atoms with Crippen LogP contribution in [0.5, 0.6) is 0 Å². The number of H-pyrrole nitrogens is 1. The molecule has 0 aliphatic heterocycles. The summed E-state index contributed by atoms with van der Waals surface area (Å²) >= 11 is 6.42. The Bertz CT molecular complexity index is 2070. The molecule has 0 aliphatic rings. The molecule has 6 rings (SSSR count). The summed E-state index contributed by atoms with van der Waals surface area (Å²) in [6, 6.07) is 5.84. The van der Waals surface area contributed by atoms with Crippen LogP contribution in [0.3, 0.4) is 0 Å². The lowest BCUT2D eigenvalue weighted by Crippen LogP contribution is -2.43. The van der Waals surface area contributed by atoms with E-state index in [4.69, 9.17) is 11.6 Å². The molecule has 2 aromatic carbocycles. The highest BCUT2D eigenvalue weighted by atomic mass is 35.5. The monoisotopic (exact) mass is 567 g/mol. The van der Waals surface area contributed by atoms with E-state index in [0.29, 0.717) is 39.8 Å². The summed E-state index contributed by atoms with van der Waals surface area (Å²) in [6.45, 7) is -0.861. The second kappa shape index (κ2) is 9.64. The fraction of sp³-hybridized carbons (Fsp3) is 0.120. The lowest BCUT2D eigenvalue weighted by atomic mass is 10.2. The van der Waals surface area contributed by atoms with Crippen molar-refractivity contribution in [1.82, 2.24) is 38.9 Å². The molecular weight excluding hydrogens is 551 g/mol. The third kappa shape index (κ3) is 4.58. The van der Waals surface area contributed by atoms with Gasteiger partial charge in [0.15, 0.2) is 11.6 Å². The number of anilines is 2. The van der Waals surface area contributed by atoms with Crippen molar-refractivity contribution in [3.05, 3.63) is 104 Å². The molecule has 0 saturated carbocycles. The fourth-order valence-corrected chi connectivity index (χ4v) is 4.48. The third-order valence-corrected chi connectivity index (χ3v) is 6.52. The normalized spacial score (nSPS) is 11.5. The highest BCUT2D eigenvalue weighted by Crippen LogP contribution is 2.29. The molecule has 40 heavy (non-hydrogen) atoms. The molecule has 4 aromatic heterocycles. The highest BCUT2D eigenvalue weighted by molar-refractivity contribution is 6.34. The maximum absolute atomic E-state index is 14.6. The molecule has 11 nitrogen and oxygen atoms in total. The van der Waals surface area contributed by atoms with E-state index < -0.39 is 35.4 Å². The summed E-state index contributed by atoms with van der Waals surface area (Å²) < 4.78 is 45.5. The van der Waals surface area contributed by atoms with Crippen molar-refractivity contribution in [3.8, 4) is 0 Å². The molecule has 0 spiro atoms. The van der Waals surface area contributed by atoms with Crippen molar-refractivity contribution < 1.29 is 13.2 Å². The minimum absolute atomic E-state index is 0.201. The Labute approximate surface area is 226 Å². The van der Waals surface area contributed by atoms with Gasteiger partial charge in [0.25, 0.3) is 0 Å². The lowest BCUT2D eigenvalue weighted by Gasteiger charge is -2.16. The molecule has 0 saturated heterocycles. The number of fused-ring (bicyclic) bond motifs is 2. The fourth-order valence-electron chi connectivity index (χ4n) is 4.27. The van der Waals surface area contributed by atoms with Crippen LogP contribution in [0.15, 0.2) is 58.6 Å². The zero-order chi connectivity index (χ0) is 28.1. The first-order chi connectivity index (χ1) is 19.2. The first-order valence-corrected chi connectivity index (χ1v) is 12.1. The van der Waals surface area contributed by atoms with E-state index in [1.807, 2.05) is 0 Å². The number of nitrogens with zero attached hydrogens (tertiary/aromatic N) is 7. The van der Waals surface area contributed by atoms with Crippen LogP contribution < -0.4 is 16.7 Å². The standard InChI is InChI=1S/C25H17ClF3N9O2/c1-36-8-13-3-20(15(26)5-19(13)35-36)33-23-34-24(39)38(10-14-4-21-22(7-30-14)32-11-31-21)25(40)37(23)9-12-2-17(28)18(29)6-16(12)27/h2-8,11H,9-10H2,1H3,(H,31,32)(H,33,34,39). The SMILES string of the molecule is Cn1cc2cc(Nc3nc(=O)n(Cc4cc5[nH]cnc5cn4)c(=O)n3Cc3cc(F)c(F)cc3F)c(Cl)cc2n1. The van der Waals surface area contributed by atoms with Crippen molar-refractivity contribution in [2.75, 3.05) is 5.32 Å². The van der Waals surface area contributed by atoms with Gasteiger partial charge in [0.05, 0.1) is 53.1 Å². The van der Waals surface area contributed by atoms with Gasteiger partial charge in [-0.3, -0.25) is 14.2 Å². The summed E-state index contributed by atoms with van der Waals surface area (Å²) in [5.41, 5.74) is 0.255. The molecular formula is C25H17ClF3N9O2. The Morgan fingerprint density at radius 3 is 2.58 bits per heavy atom. The second-order valence-corrected chi connectivity index (χ2v) is 9.35. The molecule has 0 amide bonds. The van der Waals surface area contributed by atoms with Gasteiger partial charge in [0.1, 0.15) is 11.3 Å². The summed E-state index contributed by atoms with van der Waals surface area (Å²) in [5, 5.41) is 8.03. The van der Waals surface area contributed by atoms with E-state index in [0.717, 1.165) is 9.13 Å². The van der Waals surface area contributed by atoms with Crippen molar-refractivity contribution in [2.45, 2.75) is 13.1 Å². The first-order valence-electron chi connectivity index (χ1n) is 11.7. The smallest absolute Gasteiger partial charge is 0.344 e. The molecule has 0 aliphatic carbocycles. The Morgan fingerprint density at radius 2 is 1.75 bits per heavy atom. The van der Waals surface area contributed by atoms with E-state index in [-0.39, 0.29) is 28.8 Å². The van der Waals surface area contributed by atoms with Crippen molar-refractivity contribution in [1.29, 1.82) is 0 Å². The maximum Gasteiger partial charge on any atom is 0.355 e. The third-order valence-electron chi connectivity index (χ3n) is 6.21. The average Bonchev–Trinajstić information content (AvgIpc) is 3.52. The van der Waals surface area contributed by atoms with E-state index in [9.17, 15) is 22.8 Å². The van der Waals surface area contributed by atoms with Crippen molar-refractivity contribution in [3.63, 3.8) is 0 Å². The van der Waals surface area contributed by atoms with Crippen LogP contribution in [0.4, 0.5) is 24.8 Å². The summed E-state index contributed by atoms with van der Waals surface area (Å²) in [5.74, 6) is -4.07. The first kappa shape index (κ1) is 25.3. The predicted octanol–water partition coefficient (Wildman–Crippen LogP) is 3.47. The number of hydrogen-bond donors (Lipinski definition) is 2. The zero-order valence-electron chi connectivity index (χ0n) is 20.5. The van der Waals surface area contributed by atoms with Gasteiger partial charge in [-0.15, -0.1) is 0 Å². The van der Waals surface area contributed by atoms with Crippen LogP contribution in [0.1, 0.15) is 11.3 Å². The van der Waals surface area contributed by atoms with Crippen LogP contribution in [-0.4, -0.2) is 38.9 Å². The quantitative estimate of drug-likeness (QED) is 0.295. The van der Waals surface area contributed by atoms with Gasteiger partial charge in [-0.1, -0.05) is 11.6 Å². The molecule has 202 valence electrons. The van der Waals surface area contributed by atoms with E-state index in [2.05, 4.69) is 30.4 Å². The molecule has 0 unspecified atom stereocenters. The molecule has 0 bridgehead atoms. The van der Waals surface area contributed by atoms with Gasteiger partial charge >= 0.3 is 11.4 Å². The number of aromatic nitrogens is 8. The minimum atomic E-state index is -1.38. The number of nitrogens with one attached hydrogen (secondary N) is 2. The average molecular weight is 568 g/mol. The molecule has 2 N–H and O–H groups in total. The summed E-state index contributed by atoms with van der Waals surface area (Å²) in [6.07, 6.45) is 4.68. The number of benzene rings is 2. The molecule has 0 atom stereocenters. The molecule has 0 fully saturated rings. The van der Waals surface area contributed by atoms with Crippen LogP contribution in [0.2, 0.25) is 5.02 Å². The summed E-state index contributed by atoms with van der Waals surface area (Å²) in [7, 11) is 1.73. The predicted molar refractivity (Wildman–Crippen MR) is 140 cm³/mol. The largest absolute Gasteiger partial charge is 0.355 e. The van der Waals surface area contributed by atoms with Gasteiger partial charge < -0.3 is 10.3 Å². The van der Waals surface area contributed by atoms with Crippen LogP contribution in [0, 0.1) is 17.5 Å². The van der Waals surface area contributed by atoms with E-state index in [1.165, 1.54) is 12.5 Å². The number of aromatic amines is 1. The maximum atomic E-state index is 14.6. The van der Waals surface area contributed by atoms with Gasteiger partial charge in [-0.25, -0.2) is 32.3 Å². The molecule has 0 radical (unpaired) electrons. The topological polar surface area (TPSA) is 128 Å². The number of aryl methyl sites for hydroxylation is 1. The Morgan fingerprint density at radius 1 is 0.950 bits per heavy atom. The van der Waals surface area contributed by atoms with Crippen LogP contribution in [-0.2, 0) is 20.1 Å². The zero-order valence-corrected chi connectivity index (χ0v) is 21.2. The second-order valence-electron chi connectivity index (χ2n) is 8.94. The van der Waals surface area contributed by atoms with E-state index in [1.54, 1.807) is 36.1 Å². The Hall–Kier alpha value is -4.98. The van der Waals surface area contributed by atoms with Crippen molar-refractivity contribution in [2.24, 2.45) is 7.05 Å². The highest BCUT2D eigenvalue weighted by Gasteiger charge is 2.19. The number of imidazole rings is 1. The summed E-state index contributed by atoms with van der Waals surface area (Å²) in [4.78, 5) is 41.9. The minimum Gasteiger partial charge on any atom is -0.344 e. The number of pyridine rings is 1. The number of hydrogen-bond acceptors (Lipinski definition) is 7. The van der Waals surface area contributed by atoms with Gasteiger partial charge in [0, 0.05) is 30.3 Å². The van der Waals surface area contributed by atoms with Gasteiger partial charge in [0.2, 0.25) is 5.95 Å². The van der Waals surface area contributed by atoms with Crippen LogP contribution >= 0.6 is 11.6 Å². The van der Waals surface area contributed by atoms with Crippen molar-refractivity contribution >= 4 is 45.2 Å². The molecule has 6 aromatic rings.